The van der Waals surface area contributed by atoms with Crippen LogP contribution < -0.4 is 4.72 Å². The first-order valence-electron chi connectivity index (χ1n) is 4.09. The first kappa shape index (κ1) is 12.7. The van der Waals surface area contributed by atoms with Crippen LogP contribution in [0.4, 0.5) is 5.13 Å². The number of rotatable bonds is 3. The van der Waals surface area contributed by atoms with Crippen LogP contribution in [0.5, 0.6) is 0 Å². The Balaban J connectivity index is 2.28. The van der Waals surface area contributed by atoms with Crippen LogP contribution in [-0.4, -0.2) is 23.4 Å². The van der Waals surface area contributed by atoms with E-state index in [4.69, 9.17) is 11.6 Å². The average molecular weight is 356 g/mol. The van der Waals surface area contributed by atoms with Crippen molar-refractivity contribution in [1.82, 2.24) is 15.0 Å². The first-order valence-corrected chi connectivity index (χ1v) is 7.56. The fourth-order valence-corrected chi connectivity index (χ4v) is 3.25. The summed E-state index contributed by atoms with van der Waals surface area (Å²) in [6.07, 6.45) is 3.75. The van der Waals surface area contributed by atoms with Gasteiger partial charge in [0.15, 0.2) is 5.13 Å². The van der Waals surface area contributed by atoms with Gasteiger partial charge in [-0.05, 0) is 27.5 Å². The summed E-state index contributed by atoms with van der Waals surface area (Å²) in [6, 6.07) is 0. The minimum Gasteiger partial charge on any atom is -0.255 e. The molecule has 10 heteroatoms. The number of hydrogen-bond donors (Lipinski definition) is 1. The lowest BCUT2D eigenvalue weighted by atomic mass is 10.7. The molecule has 1 N–H and O–H groups in total. The summed E-state index contributed by atoms with van der Waals surface area (Å²) in [4.78, 5) is 11.0. The van der Waals surface area contributed by atoms with Crippen LogP contribution in [0.15, 0.2) is 27.3 Å². The summed E-state index contributed by atoms with van der Waals surface area (Å²) in [5, 5.41) is 0.243. The van der Waals surface area contributed by atoms with Gasteiger partial charge in [0.05, 0.1) is 22.4 Å². The van der Waals surface area contributed by atoms with E-state index in [1.807, 2.05) is 0 Å². The highest BCUT2D eigenvalue weighted by molar-refractivity contribution is 9.11. The predicted octanol–water partition coefficient (Wildman–Crippen LogP) is 2.15. The second-order valence-corrected chi connectivity index (χ2v) is 7.19. The third-order valence-corrected chi connectivity index (χ3v) is 4.62. The number of halogens is 2. The fraction of sp³-hybridized carbons (Fsp3) is 0. The van der Waals surface area contributed by atoms with Crippen LogP contribution in [0, 0.1) is 0 Å². The van der Waals surface area contributed by atoms with Crippen LogP contribution in [0.3, 0.4) is 0 Å². The molecule has 0 saturated heterocycles. The van der Waals surface area contributed by atoms with E-state index in [1.54, 1.807) is 0 Å². The van der Waals surface area contributed by atoms with Gasteiger partial charge in [0, 0.05) is 0 Å². The quantitative estimate of drug-likeness (QED) is 0.853. The van der Waals surface area contributed by atoms with Crippen molar-refractivity contribution in [3.8, 4) is 0 Å². The molecule has 0 unspecified atom stereocenters. The molecule has 0 radical (unpaired) electrons. The molecule has 2 heterocycles. The number of aromatic nitrogens is 3. The van der Waals surface area contributed by atoms with Gasteiger partial charge in [-0.1, -0.05) is 11.3 Å². The molecule has 2 aromatic heterocycles. The van der Waals surface area contributed by atoms with Gasteiger partial charge < -0.3 is 0 Å². The van der Waals surface area contributed by atoms with E-state index in [0.29, 0.717) is 0 Å². The van der Waals surface area contributed by atoms with Crippen LogP contribution in [0.1, 0.15) is 0 Å². The summed E-state index contributed by atoms with van der Waals surface area (Å²) in [5.41, 5.74) is 0. The number of nitrogens with zero attached hydrogens (tertiary/aromatic N) is 3. The third-order valence-electron chi connectivity index (χ3n) is 1.61. The van der Waals surface area contributed by atoms with Gasteiger partial charge in [0.2, 0.25) is 5.28 Å². The number of hydrogen-bond acceptors (Lipinski definition) is 6. The molecule has 0 saturated carbocycles. The maximum Gasteiger partial charge on any atom is 0.266 e. The second kappa shape index (κ2) is 4.84. The third kappa shape index (κ3) is 3.12. The molecule has 0 fully saturated rings. The molecule has 6 nitrogen and oxygen atoms in total. The highest BCUT2D eigenvalue weighted by Crippen LogP contribution is 2.25. The Morgan fingerprint density at radius 1 is 1.24 bits per heavy atom. The summed E-state index contributed by atoms with van der Waals surface area (Å²) in [5.74, 6) is 0. The Kier molecular flexibility index (Phi) is 3.61. The van der Waals surface area contributed by atoms with Gasteiger partial charge in [-0.25, -0.2) is 23.4 Å². The van der Waals surface area contributed by atoms with E-state index >= 15 is 0 Å². The lowest BCUT2D eigenvalue weighted by Crippen LogP contribution is -2.13. The minimum absolute atomic E-state index is 0.0130. The van der Waals surface area contributed by atoms with Crippen molar-refractivity contribution in [1.29, 1.82) is 0 Å². The molecule has 0 amide bonds. The van der Waals surface area contributed by atoms with E-state index in [2.05, 4.69) is 35.6 Å². The maximum absolute atomic E-state index is 11.8. The Morgan fingerprint density at radius 3 is 2.41 bits per heavy atom. The van der Waals surface area contributed by atoms with E-state index in [1.165, 1.54) is 6.20 Å². The van der Waals surface area contributed by atoms with Crippen molar-refractivity contribution in [2.45, 2.75) is 4.90 Å². The monoisotopic (exact) mass is 354 g/mol. The number of nitrogens with one attached hydrogen (secondary N) is 1. The fourth-order valence-electron chi connectivity index (χ4n) is 0.915. The van der Waals surface area contributed by atoms with Gasteiger partial charge in [0.1, 0.15) is 4.90 Å². The standard InChI is InChI=1S/C7H4BrClN4O2S2/c8-5-3-12-7(16-5)13-17(14,15)4-1-10-6(9)11-2-4/h1-3H,(H,12,13). The molecule has 2 rings (SSSR count). The van der Waals surface area contributed by atoms with E-state index < -0.39 is 10.0 Å². The van der Waals surface area contributed by atoms with Gasteiger partial charge >= 0.3 is 0 Å². The lowest BCUT2D eigenvalue weighted by Gasteiger charge is -2.03. The van der Waals surface area contributed by atoms with Crippen molar-refractivity contribution >= 4 is 54.0 Å². The van der Waals surface area contributed by atoms with Gasteiger partial charge in [-0.2, -0.15) is 0 Å². The minimum atomic E-state index is -3.72. The summed E-state index contributed by atoms with van der Waals surface area (Å²) in [7, 11) is -3.72. The van der Waals surface area contributed by atoms with Crippen LogP contribution in [0.25, 0.3) is 0 Å². The number of thiazole rings is 1. The Bertz CT molecular complexity index is 628. The molecule has 0 aliphatic heterocycles. The zero-order valence-electron chi connectivity index (χ0n) is 7.96. The predicted molar refractivity (Wildman–Crippen MR) is 67.7 cm³/mol. The van der Waals surface area contributed by atoms with Gasteiger partial charge in [-0.3, -0.25) is 4.72 Å². The molecule has 0 bridgehead atoms. The summed E-state index contributed by atoms with van der Waals surface area (Å²) in [6.45, 7) is 0. The summed E-state index contributed by atoms with van der Waals surface area (Å²) >= 11 is 9.82. The molecule has 0 aromatic carbocycles. The molecule has 0 aliphatic rings. The topological polar surface area (TPSA) is 84.8 Å². The molecule has 0 aliphatic carbocycles. The summed E-state index contributed by atoms with van der Waals surface area (Å²) < 4.78 is 26.7. The SMILES string of the molecule is O=S(=O)(Nc1ncc(Br)s1)c1cnc(Cl)nc1. The van der Waals surface area contributed by atoms with Crippen molar-refractivity contribution in [3.05, 3.63) is 27.7 Å². The van der Waals surface area contributed by atoms with Gasteiger partial charge in [0.25, 0.3) is 10.0 Å². The molecule has 0 atom stereocenters. The van der Waals surface area contributed by atoms with Crippen LogP contribution >= 0.6 is 38.9 Å². The normalized spacial score (nSPS) is 11.4. The van der Waals surface area contributed by atoms with Crippen molar-refractivity contribution in [2.24, 2.45) is 0 Å². The highest BCUT2D eigenvalue weighted by Gasteiger charge is 2.16. The largest absolute Gasteiger partial charge is 0.266 e. The molecular weight excluding hydrogens is 352 g/mol. The molecule has 90 valence electrons. The average Bonchev–Trinajstić information content (AvgIpc) is 2.63. The molecule has 17 heavy (non-hydrogen) atoms. The van der Waals surface area contributed by atoms with E-state index in [-0.39, 0.29) is 15.3 Å². The smallest absolute Gasteiger partial charge is 0.255 e. The highest BCUT2D eigenvalue weighted by atomic mass is 79.9. The van der Waals surface area contributed by atoms with Crippen LogP contribution in [-0.2, 0) is 10.0 Å². The van der Waals surface area contributed by atoms with E-state index in [9.17, 15) is 8.42 Å². The zero-order valence-corrected chi connectivity index (χ0v) is 11.9. The lowest BCUT2D eigenvalue weighted by molar-refractivity contribution is 0.600. The maximum atomic E-state index is 11.8. The Hall–Kier alpha value is -0.770. The molecule has 0 spiro atoms. The van der Waals surface area contributed by atoms with E-state index in [0.717, 1.165) is 27.5 Å². The van der Waals surface area contributed by atoms with Gasteiger partial charge in [-0.15, -0.1) is 0 Å². The zero-order chi connectivity index (χ0) is 12.5. The van der Waals surface area contributed by atoms with Crippen molar-refractivity contribution in [2.75, 3.05) is 4.72 Å². The first-order chi connectivity index (χ1) is 7.97. The molecule has 2 aromatic rings. The van der Waals surface area contributed by atoms with Crippen molar-refractivity contribution in [3.63, 3.8) is 0 Å². The second-order valence-electron chi connectivity index (χ2n) is 2.76. The Labute approximate surface area is 114 Å². The molecular formula is C7H4BrClN4O2S2. The number of sulfonamides is 1. The number of anilines is 1. The Morgan fingerprint density at radius 2 is 1.88 bits per heavy atom. The van der Waals surface area contributed by atoms with Crippen molar-refractivity contribution < 1.29 is 8.42 Å². The van der Waals surface area contributed by atoms with Crippen LogP contribution in [0.2, 0.25) is 5.28 Å².